The van der Waals surface area contributed by atoms with E-state index in [0.717, 1.165) is 60.7 Å². The summed E-state index contributed by atoms with van der Waals surface area (Å²) in [6.07, 6.45) is 3.86. The van der Waals surface area contributed by atoms with Gasteiger partial charge in [-0.1, -0.05) is 22.0 Å². The van der Waals surface area contributed by atoms with Gasteiger partial charge in [-0.3, -0.25) is 9.88 Å². The number of rotatable bonds is 6. The summed E-state index contributed by atoms with van der Waals surface area (Å²) in [5, 5.41) is 3.49. The molecule has 1 unspecified atom stereocenters. The number of nitrogens with zero attached hydrogens (tertiary/aromatic N) is 2. The lowest BCUT2D eigenvalue weighted by atomic mass is 9.98. The van der Waals surface area contributed by atoms with Crippen molar-refractivity contribution in [3.63, 3.8) is 0 Å². The molecule has 1 aromatic heterocycles. The molecule has 6 heteroatoms. The first-order chi connectivity index (χ1) is 12.7. The highest BCUT2D eigenvalue weighted by Crippen LogP contribution is 2.39. The van der Waals surface area contributed by atoms with E-state index in [4.69, 9.17) is 9.47 Å². The molecule has 3 rings (SSSR count). The van der Waals surface area contributed by atoms with E-state index in [1.165, 1.54) is 5.56 Å². The highest BCUT2D eigenvalue weighted by atomic mass is 79.9. The average Bonchev–Trinajstić information content (AvgIpc) is 2.96. The minimum atomic E-state index is 0.221. The SMILES string of the molecule is COc1cc(Br)c(C(Cc2ccccn2)N2CCCNCC2)cc1OC. The molecule has 0 bridgehead atoms. The second kappa shape index (κ2) is 9.35. The van der Waals surface area contributed by atoms with Crippen LogP contribution in [0.25, 0.3) is 0 Å². The summed E-state index contributed by atoms with van der Waals surface area (Å²) in [5.74, 6) is 1.49. The van der Waals surface area contributed by atoms with E-state index in [1.807, 2.05) is 24.4 Å². The highest BCUT2D eigenvalue weighted by molar-refractivity contribution is 9.10. The molecule has 0 aliphatic carbocycles. The Labute approximate surface area is 163 Å². The number of nitrogens with one attached hydrogen (secondary N) is 1. The van der Waals surface area contributed by atoms with Gasteiger partial charge in [-0.25, -0.2) is 0 Å². The first-order valence-corrected chi connectivity index (χ1v) is 9.78. The second-order valence-electron chi connectivity index (χ2n) is 6.41. The largest absolute Gasteiger partial charge is 0.493 e. The van der Waals surface area contributed by atoms with Crippen LogP contribution in [-0.2, 0) is 6.42 Å². The summed E-state index contributed by atoms with van der Waals surface area (Å²) in [6.45, 7) is 4.15. The molecule has 1 aliphatic heterocycles. The van der Waals surface area contributed by atoms with Crippen LogP contribution in [-0.4, -0.2) is 50.3 Å². The molecule has 0 spiro atoms. The minimum absolute atomic E-state index is 0.221. The minimum Gasteiger partial charge on any atom is -0.493 e. The molecule has 1 N–H and O–H groups in total. The lowest BCUT2D eigenvalue weighted by Crippen LogP contribution is -2.34. The van der Waals surface area contributed by atoms with Crippen molar-refractivity contribution in [2.75, 3.05) is 40.4 Å². The fraction of sp³-hybridized carbons (Fsp3) is 0.450. The maximum absolute atomic E-state index is 5.55. The molecule has 1 aromatic carbocycles. The van der Waals surface area contributed by atoms with E-state index in [0.29, 0.717) is 0 Å². The van der Waals surface area contributed by atoms with E-state index in [1.54, 1.807) is 14.2 Å². The average molecular weight is 420 g/mol. The van der Waals surface area contributed by atoms with Gasteiger partial charge in [0.1, 0.15) is 0 Å². The van der Waals surface area contributed by atoms with E-state index in [-0.39, 0.29) is 6.04 Å². The second-order valence-corrected chi connectivity index (χ2v) is 7.26. The van der Waals surface area contributed by atoms with Gasteiger partial charge >= 0.3 is 0 Å². The van der Waals surface area contributed by atoms with Gasteiger partial charge in [-0.2, -0.15) is 0 Å². The van der Waals surface area contributed by atoms with Crippen LogP contribution in [0.3, 0.4) is 0 Å². The Morgan fingerprint density at radius 1 is 1.15 bits per heavy atom. The van der Waals surface area contributed by atoms with Gasteiger partial charge in [0, 0.05) is 48.5 Å². The van der Waals surface area contributed by atoms with Crippen LogP contribution in [0.5, 0.6) is 11.5 Å². The van der Waals surface area contributed by atoms with Crippen molar-refractivity contribution in [2.45, 2.75) is 18.9 Å². The Balaban J connectivity index is 1.99. The summed E-state index contributed by atoms with van der Waals surface area (Å²) >= 11 is 3.75. The van der Waals surface area contributed by atoms with Gasteiger partial charge in [0.15, 0.2) is 11.5 Å². The van der Waals surface area contributed by atoms with Gasteiger partial charge in [0.05, 0.1) is 14.2 Å². The van der Waals surface area contributed by atoms with Gasteiger partial charge in [0.25, 0.3) is 0 Å². The fourth-order valence-corrected chi connectivity index (χ4v) is 4.04. The number of hydrogen-bond donors (Lipinski definition) is 1. The third-order valence-electron chi connectivity index (χ3n) is 4.81. The molecule has 2 aromatic rings. The number of aromatic nitrogens is 1. The fourth-order valence-electron chi connectivity index (χ4n) is 3.46. The summed E-state index contributed by atoms with van der Waals surface area (Å²) in [5.41, 5.74) is 2.30. The lowest BCUT2D eigenvalue weighted by Gasteiger charge is -2.32. The Morgan fingerprint density at radius 2 is 1.96 bits per heavy atom. The van der Waals surface area contributed by atoms with Crippen molar-refractivity contribution < 1.29 is 9.47 Å². The normalized spacial score (nSPS) is 16.7. The monoisotopic (exact) mass is 419 g/mol. The van der Waals surface area contributed by atoms with E-state index >= 15 is 0 Å². The van der Waals surface area contributed by atoms with Gasteiger partial charge in [-0.15, -0.1) is 0 Å². The standard InChI is InChI=1S/C20H26BrN3O2/c1-25-19-13-16(17(21)14-20(19)26-2)18(12-15-6-3-4-8-23-15)24-10-5-7-22-9-11-24/h3-4,6,8,13-14,18,22H,5,7,9-12H2,1-2H3. The first-order valence-electron chi connectivity index (χ1n) is 8.99. The van der Waals surface area contributed by atoms with Gasteiger partial charge < -0.3 is 14.8 Å². The molecule has 0 radical (unpaired) electrons. The molecule has 1 fully saturated rings. The van der Waals surface area contributed by atoms with E-state index < -0.39 is 0 Å². The molecule has 1 saturated heterocycles. The molecule has 2 heterocycles. The third kappa shape index (κ3) is 4.55. The maximum atomic E-state index is 5.55. The van der Waals surface area contributed by atoms with Crippen molar-refractivity contribution in [1.82, 2.24) is 15.2 Å². The molecule has 26 heavy (non-hydrogen) atoms. The predicted molar refractivity (Wildman–Crippen MR) is 107 cm³/mol. The molecular formula is C20H26BrN3O2. The van der Waals surface area contributed by atoms with Crippen molar-refractivity contribution in [2.24, 2.45) is 0 Å². The summed E-state index contributed by atoms with van der Waals surface area (Å²) < 4.78 is 12.0. The molecular weight excluding hydrogens is 394 g/mol. The zero-order chi connectivity index (χ0) is 18.4. The zero-order valence-corrected chi connectivity index (χ0v) is 17.0. The van der Waals surface area contributed by atoms with Crippen LogP contribution in [0, 0.1) is 0 Å². The van der Waals surface area contributed by atoms with Crippen molar-refractivity contribution >= 4 is 15.9 Å². The molecule has 1 atom stereocenters. The molecule has 1 aliphatic rings. The number of benzene rings is 1. The molecule has 0 saturated carbocycles. The highest BCUT2D eigenvalue weighted by Gasteiger charge is 2.25. The molecule has 5 nitrogen and oxygen atoms in total. The van der Waals surface area contributed by atoms with E-state index in [2.05, 4.69) is 43.3 Å². The Morgan fingerprint density at radius 3 is 2.69 bits per heavy atom. The topological polar surface area (TPSA) is 46.6 Å². The van der Waals surface area contributed by atoms with Crippen molar-refractivity contribution in [3.8, 4) is 11.5 Å². The van der Waals surface area contributed by atoms with Crippen LogP contribution in [0.2, 0.25) is 0 Å². The number of methoxy groups -OCH3 is 2. The van der Waals surface area contributed by atoms with Gasteiger partial charge in [-0.05, 0) is 42.8 Å². The summed E-state index contributed by atoms with van der Waals surface area (Å²) in [6, 6.07) is 10.4. The zero-order valence-electron chi connectivity index (χ0n) is 15.4. The predicted octanol–water partition coefficient (Wildman–Crippen LogP) is 3.44. The smallest absolute Gasteiger partial charge is 0.161 e. The maximum Gasteiger partial charge on any atom is 0.161 e. The molecule has 0 amide bonds. The van der Waals surface area contributed by atoms with Crippen molar-refractivity contribution in [3.05, 3.63) is 52.3 Å². The lowest BCUT2D eigenvalue weighted by molar-refractivity contribution is 0.207. The quantitative estimate of drug-likeness (QED) is 0.776. The number of halogens is 1. The van der Waals surface area contributed by atoms with Crippen molar-refractivity contribution in [1.29, 1.82) is 0 Å². The summed E-state index contributed by atoms with van der Waals surface area (Å²) in [4.78, 5) is 7.10. The third-order valence-corrected chi connectivity index (χ3v) is 5.49. The summed E-state index contributed by atoms with van der Waals surface area (Å²) in [7, 11) is 3.34. The van der Waals surface area contributed by atoms with Crippen LogP contribution < -0.4 is 14.8 Å². The Hall–Kier alpha value is -1.63. The van der Waals surface area contributed by atoms with Gasteiger partial charge in [0.2, 0.25) is 0 Å². The van der Waals surface area contributed by atoms with Crippen LogP contribution in [0.4, 0.5) is 0 Å². The van der Waals surface area contributed by atoms with Crippen LogP contribution in [0.1, 0.15) is 23.7 Å². The molecule has 140 valence electrons. The number of hydrogen-bond acceptors (Lipinski definition) is 5. The Kier molecular flexibility index (Phi) is 6.88. The number of pyridine rings is 1. The number of ether oxygens (including phenoxy) is 2. The van der Waals surface area contributed by atoms with Crippen LogP contribution >= 0.6 is 15.9 Å². The Bertz CT molecular complexity index is 704. The first kappa shape index (κ1) is 19.1. The van der Waals surface area contributed by atoms with Crippen LogP contribution in [0.15, 0.2) is 41.0 Å². The van der Waals surface area contributed by atoms with E-state index in [9.17, 15) is 0 Å².